The summed E-state index contributed by atoms with van der Waals surface area (Å²) in [6.45, 7) is 11.1. The van der Waals surface area contributed by atoms with Crippen LogP contribution in [0.4, 0.5) is 5.69 Å². The molecule has 9 nitrogen and oxygen atoms in total. The molecule has 1 aliphatic carbocycles. The highest BCUT2D eigenvalue weighted by molar-refractivity contribution is 5.99. The van der Waals surface area contributed by atoms with Crippen LogP contribution in [0, 0.1) is 5.92 Å². The van der Waals surface area contributed by atoms with Crippen LogP contribution in [0.25, 0.3) is 0 Å². The average molecular weight is 527 g/mol. The summed E-state index contributed by atoms with van der Waals surface area (Å²) in [5, 5.41) is 3.07. The van der Waals surface area contributed by atoms with Crippen molar-refractivity contribution in [2.24, 2.45) is 5.92 Å². The van der Waals surface area contributed by atoms with Crippen molar-refractivity contribution >= 4 is 23.3 Å². The van der Waals surface area contributed by atoms with Crippen molar-refractivity contribution < 1.29 is 23.9 Å². The number of ketones is 1. The van der Waals surface area contributed by atoms with Crippen molar-refractivity contribution in [2.45, 2.75) is 76.8 Å². The van der Waals surface area contributed by atoms with Crippen LogP contribution < -0.4 is 10.2 Å². The Morgan fingerprint density at radius 3 is 2.39 bits per heavy atom. The van der Waals surface area contributed by atoms with E-state index in [0.717, 1.165) is 57.5 Å². The van der Waals surface area contributed by atoms with Crippen LogP contribution in [0.5, 0.6) is 0 Å². The zero-order valence-corrected chi connectivity index (χ0v) is 22.9. The predicted molar refractivity (Wildman–Crippen MR) is 144 cm³/mol. The number of amides is 2. The first-order valence-corrected chi connectivity index (χ1v) is 14.3. The van der Waals surface area contributed by atoms with Crippen LogP contribution in [0.1, 0.15) is 56.8 Å². The van der Waals surface area contributed by atoms with E-state index >= 15 is 0 Å². The normalized spacial score (nSPS) is 27.3. The molecule has 5 rings (SSSR count). The van der Waals surface area contributed by atoms with Crippen molar-refractivity contribution in [3.63, 3.8) is 0 Å². The Balaban J connectivity index is 1.27. The number of piperazine rings is 1. The SMILES string of the molecule is CCO[C@H]1CN(C(=O)[C@@H](NC(=O)c2ccc(N3CCN(C(C)C)CC3)cc2)C2CCCC2)[C@@H]2C(=O)CO[C@H]12. The lowest BCUT2D eigenvalue weighted by Crippen LogP contribution is -2.54. The Morgan fingerprint density at radius 2 is 1.76 bits per heavy atom. The molecule has 1 aromatic rings. The summed E-state index contributed by atoms with van der Waals surface area (Å²) >= 11 is 0. The summed E-state index contributed by atoms with van der Waals surface area (Å²) in [4.78, 5) is 46.4. The molecule has 208 valence electrons. The minimum absolute atomic E-state index is 0.00199. The van der Waals surface area contributed by atoms with Crippen molar-refractivity contribution in [3.05, 3.63) is 29.8 Å². The molecule has 3 aliphatic heterocycles. The van der Waals surface area contributed by atoms with Gasteiger partial charge in [-0.2, -0.15) is 0 Å². The number of rotatable bonds is 8. The van der Waals surface area contributed by atoms with Gasteiger partial charge in [0, 0.05) is 50.1 Å². The lowest BCUT2D eigenvalue weighted by molar-refractivity contribution is -0.139. The average Bonchev–Trinajstić information content (AvgIpc) is 3.67. The molecule has 1 N–H and O–H groups in total. The van der Waals surface area contributed by atoms with E-state index in [1.807, 2.05) is 31.2 Å². The van der Waals surface area contributed by atoms with E-state index in [1.54, 1.807) is 4.90 Å². The largest absolute Gasteiger partial charge is 0.374 e. The molecule has 1 saturated carbocycles. The second-order valence-corrected chi connectivity index (χ2v) is 11.3. The molecule has 0 bridgehead atoms. The minimum atomic E-state index is -0.664. The Labute approximate surface area is 225 Å². The molecule has 0 aromatic heterocycles. The number of nitrogens with one attached hydrogen (secondary N) is 1. The molecule has 3 saturated heterocycles. The first-order chi connectivity index (χ1) is 18.4. The summed E-state index contributed by atoms with van der Waals surface area (Å²) in [6.07, 6.45) is 3.10. The molecule has 2 amide bonds. The van der Waals surface area contributed by atoms with E-state index in [-0.39, 0.29) is 36.2 Å². The molecule has 1 aromatic carbocycles. The number of fused-ring (bicyclic) bond motifs is 1. The van der Waals surface area contributed by atoms with E-state index in [0.29, 0.717) is 24.8 Å². The van der Waals surface area contributed by atoms with E-state index in [2.05, 4.69) is 29.0 Å². The van der Waals surface area contributed by atoms with Crippen molar-refractivity contribution in [1.82, 2.24) is 15.1 Å². The van der Waals surface area contributed by atoms with E-state index in [9.17, 15) is 14.4 Å². The number of Topliss-reactive ketones (excluding diaryl/α,β-unsaturated/α-hetero) is 1. The number of nitrogens with zero attached hydrogens (tertiary/aromatic N) is 3. The summed E-state index contributed by atoms with van der Waals surface area (Å²) in [5.41, 5.74) is 1.65. The van der Waals surface area contributed by atoms with E-state index in [1.165, 1.54) is 0 Å². The molecule has 4 atom stereocenters. The van der Waals surface area contributed by atoms with Gasteiger partial charge in [-0.15, -0.1) is 0 Å². The number of carbonyl (C=O) groups is 3. The number of hydrogen-bond acceptors (Lipinski definition) is 7. The fourth-order valence-corrected chi connectivity index (χ4v) is 6.60. The Morgan fingerprint density at radius 1 is 1.08 bits per heavy atom. The highest BCUT2D eigenvalue weighted by atomic mass is 16.6. The standard InChI is InChI=1S/C29H42N4O5/c1-4-37-24-17-33(26-23(34)18-38-27(24)26)29(36)25(20-7-5-6-8-20)30-28(35)21-9-11-22(12-10-21)32-15-13-31(14-16-32)19(2)3/h9-12,19-20,24-27H,4-8,13-18H2,1-3H3,(H,30,35)/t24-,25-,26+,27+/m0/s1. The van der Waals surface area contributed by atoms with Crippen molar-refractivity contribution in [2.75, 3.05) is 50.8 Å². The van der Waals surface area contributed by atoms with E-state index < -0.39 is 18.2 Å². The lowest BCUT2D eigenvalue weighted by Gasteiger charge is -2.38. The van der Waals surface area contributed by atoms with Gasteiger partial charge in [0.05, 0.1) is 6.54 Å². The molecule has 0 spiro atoms. The minimum Gasteiger partial charge on any atom is -0.374 e. The summed E-state index contributed by atoms with van der Waals surface area (Å²) < 4.78 is 11.5. The highest BCUT2D eigenvalue weighted by Crippen LogP contribution is 2.34. The number of anilines is 1. The van der Waals surface area contributed by atoms with Crippen LogP contribution in [0.15, 0.2) is 24.3 Å². The highest BCUT2D eigenvalue weighted by Gasteiger charge is 2.54. The second kappa shape index (κ2) is 11.7. The first kappa shape index (κ1) is 27.1. The lowest BCUT2D eigenvalue weighted by atomic mass is 9.95. The van der Waals surface area contributed by atoms with Gasteiger partial charge in [-0.3, -0.25) is 19.3 Å². The number of carbonyl (C=O) groups excluding carboxylic acids is 3. The Hall–Kier alpha value is -2.49. The summed E-state index contributed by atoms with van der Waals surface area (Å²) in [5.74, 6) is -0.477. The van der Waals surface area contributed by atoms with Gasteiger partial charge in [-0.05, 0) is 63.8 Å². The molecular weight excluding hydrogens is 484 g/mol. The monoisotopic (exact) mass is 526 g/mol. The molecule has 0 unspecified atom stereocenters. The van der Waals surface area contributed by atoms with Gasteiger partial charge >= 0.3 is 0 Å². The van der Waals surface area contributed by atoms with Crippen LogP contribution in [-0.2, 0) is 19.1 Å². The van der Waals surface area contributed by atoms with Gasteiger partial charge < -0.3 is 24.6 Å². The molecular formula is C29H42N4O5. The maximum absolute atomic E-state index is 13.9. The molecule has 38 heavy (non-hydrogen) atoms. The van der Waals surface area contributed by atoms with Gasteiger partial charge in [0.25, 0.3) is 5.91 Å². The third-order valence-corrected chi connectivity index (χ3v) is 8.76. The van der Waals surface area contributed by atoms with Gasteiger partial charge in [0.1, 0.15) is 30.9 Å². The van der Waals surface area contributed by atoms with Crippen molar-refractivity contribution in [1.29, 1.82) is 0 Å². The Kier molecular flexibility index (Phi) is 8.35. The summed E-state index contributed by atoms with van der Waals surface area (Å²) in [7, 11) is 0. The molecule has 3 heterocycles. The smallest absolute Gasteiger partial charge is 0.251 e. The number of hydrogen-bond donors (Lipinski definition) is 1. The predicted octanol–water partition coefficient (Wildman–Crippen LogP) is 2.09. The van der Waals surface area contributed by atoms with Gasteiger partial charge in [0.2, 0.25) is 5.91 Å². The van der Waals surface area contributed by atoms with Crippen LogP contribution in [-0.4, -0.2) is 104 Å². The third-order valence-electron chi connectivity index (χ3n) is 8.76. The van der Waals surface area contributed by atoms with E-state index in [4.69, 9.17) is 9.47 Å². The Bertz CT molecular complexity index is 1000. The van der Waals surface area contributed by atoms with Gasteiger partial charge in [-0.25, -0.2) is 0 Å². The zero-order valence-electron chi connectivity index (χ0n) is 22.9. The molecule has 4 aliphatic rings. The fraction of sp³-hybridized carbons (Fsp3) is 0.690. The first-order valence-electron chi connectivity index (χ1n) is 14.3. The fourth-order valence-electron chi connectivity index (χ4n) is 6.60. The quantitative estimate of drug-likeness (QED) is 0.555. The van der Waals surface area contributed by atoms with Crippen LogP contribution in [0.2, 0.25) is 0 Å². The maximum atomic E-state index is 13.9. The number of likely N-dealkylation sites (tertiary alicyclic amines) is 1. The van der Waals surface area contributed by atoms with Gasteiger partial charge in [0.15, 0.2) is 5.78 Å². The molecule has 9 heteroatoms. The number of ether oxygens (including phenoxy) is 2. The molecule has 0 radical (unpaired) electrons. The second-order valence-electron chi connectivity index (χ2n) is 11.3. The third kappa shape index (κ3) is 5.46. The zero-order chi connectivity index (χ0) is 26.8. The summed E-state index contributed by atoms with van der Waals surface area (Å²) in [6, 6.07) is 6.95. The number of benzene rings is 1. The van der Waals surface area contributed by atoms with Crippen LogP contribution in [0.3, 0.4) is 0 Å². The topological polar surface area (TPSA) is 91.4 Å². The van der Waals surface area contributed by atoms with Crippen molar-refractivity contribution in [3.8, 4) is 0 Å². The van der Waals surface area contributed by atoms with Gasteiger partial charge in [-0.1, -0.05) is 12.8 Å². The maximum Gasteiger partial charge on any atom is 0.251 e. The molecule has 4 fully saturated rings. The van der Waals surface area contributed by atoms with Crippen LogP contribution >= 0.6 is 0 Å².